The number of carbonyl (C=O) groups is 1. The lowest BCUT2D eigenvalue weighted by Gasteiger charge is -2.31. The fourth-order valence-corrected chi connectivity index (χ4v) is 4.74. The largest absolute Gasteiger partial charge is 0.465 e. The van der Waals surface area contributed by atoms with Crippen LogP contribution in [0.1, 0.15) is 15.9 Å². The van der Waals surface area contributed by atoms with Crippen molar-refractivity contribution in [1.29, 1.82) is 0 Å². The van der Waals surface area contributed by atoms with Gasteiger partial charge in [0.25, 0.3) is 0 Å². The van der Waals surface area contributed by atoms with Gasteiger partial charge in [0.15, 0.2) is 0 Å². The van der Waals surface area contributed by atoms with Crippen molar-refractivity contribution in [3.8, 4) is 0 Å². The van der Waals surface area contributed by atoms with Gasteiger partial charge in [0.2, 0.25) is 10.0 Å². The molecule has 0 bridgehead atoms. The Morgan fingerprint density at radius 3 is 2.50 bits per heavy atom. The molecular formula is C19H21F2N2O4S+. The van der Waals surface area contributed by atoms with Crippen molar-refractivity contribution >= 4 is 16.0 Å². The highest BCUT2D eigenvalue weighted by atomic mass is 32.2. The van der Waals surface area contributed by atoms with Crippen LogP contribution in [-0.4, -0.2) is 52.0 Å². The predicted octanol–water partition coefficient (Wildman–Crippen LogP) is 0.841. The molecule has 0 aromatic heterocycles. The molecular weight excluding hydrogens is 390 g/mol. The molecule has 0 unspecified atom stereocenters. The summed E-state index contributed by atoms with van der Waals surface area (Å²) in [5.41, 5.74) is 1.41. The summed E-state index contributed by atoms with van der Waals surface area (Å²) < 4.78 is 58.2. The third-order valence-electron chi connectivity index (χ3n) is 4.74. The molecule has 9 heteroatoms. The molecule has 0 spiro atoms. The molecule has 6 nitrogen and oxygen atoms in total. The van der Waals surface area contributed by atoms with E-state index in [4.69, 9.17) is 4.74 Å². The van der Waals surface area contributed by atoms with E-state index in [9.17, 15) is 22.0 Å². The molecule has 2 aromatic rings. The van der Waals surface area contributed by atoms with E-state index in [0.717, 1.165) is 22.6 Å². The van der Waals surface area contributed by atoms with E-state index >= 15 is 0 Å². The average molecular weight is 411 g/mol. The van der Waals surface area contributed by atoms with Gasteiger partial charge in [0.1, 0.15) is 23.1 Å². The minimum atomic E-state index is -4.01. The predicted molar refractivity (Wildman–Crippen MR) is 97.3 cm³/mol. The number of quaternary nitrogens is 1. The Labute approximate surface area is 162 Å². The van der Waals surface area contributed by atoms with Gasteiger partial charge < -0.3 is 9.64 Å². The zero-order valence-electron chi connectivity index (χ0n) is 15.3. The minimum Gasteiger partial charge on any atom is -0.465 e. The summed E-state index contributed by atoms with van der Waals surface area (Å²) in [6, 6.07) is 9.57. The SMILES string of the molecule is COC(=O)c1cccc(C[NH+]2CCN(S(=O)(=O)c3ccc(F)cc3F)CC2)c1. The Kier molecular flexibility index (Phi) is 6.07. The van der Waals surface area contributed by atoms with Gasteiger partial charge in [-0.05, 0) is 24.3 Å². The van der Waals surface area contributed by atoms with Crippen LogP contribution in [0.2, 0.25) is 0 Å². The van der Waals surface area contributed by atoms with Gasteiger partial charge in [0.05, 0.1) is 38.9 Å². The zero-order chi connectivity index (χ0) is 20.3. The Bertz CT molecular complexity index is 974. The quantitative estimate of drug-likeness (QED) is 0.741. The number of nitrogens with zero attached hydrogens (tertiary/aromatic N) is 1. The Balaban J connectivity index is 1.65. The second kappa shape index (κ2) is 8.34. The highest BCUT2D eigenvalue weighted by Crippen LogP contribution is 2.20. The number of benzene rings is 2. The number of esters is 1. The van der Waals surface area contributed by atoms with E-state index in [1.165, 1.54) is 11.4 Å². The van der Waals surface area contributed by atoms with Gasteiger partial charge in [0, 0.05) is 11.6 Å². The second-order valence-electron chi connectivity index (χ2n) is 6.60. The molecule has 28 heavy (non-hydrogen) atoms. The lowest BCUT2D eigenvalue weighted by Crippen LogP contribution is -3.13. The Hall–Kier alpha value is -2.36. The van der Waals surface area contributed by atoms with Gasteiger partial charge in [-0.1, -0.05) is 12.1 Å². The molecule has 150 valence electrons. The standard InChI is InChI=1S/C19H20F2N2O4S/c1-27-19(24)15-4-2-3-14(11-15)13-22-7-9-23(10-8-22)28(25,26)18-6-5-16(20)12-17(18)21/h2-6,11-12H,7-10,13H2,1H3/p+1. The summed E-state index contributed by atoms with van der Waals surface area (Å²) in [5, 5.41) is 0. The lowest BCUT2D eigenvalue weighted by molar-refractivity contribution is -0.917. The van der Waals surface area contributed by atoms with Gasteiger partial charge in [-0.2, -0.15) is 4.31 Å². The third kappa shape index (κ3) is 4.37. The summed E-state index contributed by atoms with van der Waals surface area (Å²) in [7, 11) is -2.69. The number of rotatable bonds is 5. The van der Waals surface area contributed by atoms with E-state index in [1.54, 1.807) is 18.2 Å². The first-order valence-electron chi connectivity index (χ1n) is 8.77. The number of piperazine rings is 1. The Morgan fingerprint density at radius 2 is 1.86 bits per heavy atom. The molecule has 0 amide bonds. The molecule has 0 radical (unpaired) electrons. The van der Waals surface area contributed by atoms with E-state index in [0.29, 0.717) is 31.3 Å². The van der Waals surface area contributed by atoms with Crippen LogP contribution in [0.15, 0.2) is 47.4 Å². The van der Waals surface area contributed by atoms with Crippen molar-refractivity contribution in [3.63, 3.8) is 0 Å². The van der Waals surface area contributed by atoms with Crippen molar-refractivity contribution in [3.05, 3.63) is 65.2 Å². The molecule has 1 aliphatic rings. The summed E-state index contributed by atoms with van der Waals surface area (Å²) in [5.74, 6) is -2.32. The second-order valence-corrected chi connectivity index (χ2v) is 8.50. The van der Waals surface area contributed by atoms with Crippen LogP contribution in [0.25, 0.3) is 0 Å². The molecule has 1 N–H and O–H groups in total. The van der Waals surface area contributed by atoms with Crippen molar-refractivity contribution in [2.45, 2.75) is 11.4 Å². The van der Waals surface area contributed by atoms with Crippen LogP contribution in [0, 0.1) is 11.6 Å². The normalized spacial score (nSPS) is 16.1. The molecule has 3 rings (SSSR count). The number of ether oxygens (including phenoxy) is 1. The van der Waals surface area contributed by atoms with Crippen molar-refractivity contribution < 1.29 is 31.6 Å². The average Bonchev–Trinajstić information content (AvgIpc) is 2.67. The van der Waals surface area contributed by atoms with Crippen LogP contribution in [0.5, 0.6) is 0 Å². The molecule has 0 atom stereocenters. The van der Waals surface area contributed by atoms with Gasteiger partial charge in [-0.25, -0.2) is 22.0 Å². The lowest BCUT2D eigenvalue weighted by atomic mass is 10.1. The molecule has 1 saturated heterocycles. The number of nitrogens with one attached hydrogen (secondary N) is 1. The fraction of sp³-hybridized carbons (Fsp3) is 0.316. The number of carbonyl (C=O) groups excluding carboxylic acids is 1. The fourth-order valence-electron chi connectivity index (χ4n) is 3.26. The maximum absolute atomic E-state index is 13.9. The number of halogens is 2. The molecule has 0 saturated carbocycles. The van der Waals surface area contributed by atoms with Crippen molar-refractivity contribution in [2.75, 3.05) is 33.3 Å². The van der Waals surface area contributed by atoms with Crippen LogP contribution in [-0.2, 0) is 21.3 Å². The number of sulfonamides is 1. The number of hydrogen-bond acceptors (Lipinski definition) is 4. The Morgan fingerprint density at radius 1 is 1.14 bits per heavy atom. The molecule has 1 aliphatic heterocycles. The van der Waals surface area contributed by atoms with E-state index in [1.807, 2.05) is 6.07 Å². The highest BCUT2D eigenvalue weighted by molar-refractivity contribution is 7.89. The van der Waals surface area contributed by atoms with E-state index in [2.05, 4.69) is 0 Å². The maximum atomic E-state index is 13.9. The number of hydrogen-bond donors (Lipinski definition) is 1. The van der Waals surface area contributed by atoms with Crippen molar-refractivity contribution in [2.24, 2.45) is 0 Å². The smallest absolute Gasteiger partial charge is 0.337 e. The number of methoxy groups -OCH3 is 1. The first-order valence-corrected chi connectivity index (χ1v) is 10.2. The van der Waals surface area contributed by atoms with Crippen LogP contribution >= 0.6 is 0 Å². The topological polar surface area (TPSA) is 68.1 Å². The summed E-state index contributed by atoms with van der Waals surface area (Å²) in [6.07, 6.45) is 0. The monoisotopic (exact) mass is 411 g/mol. The molecule has 1 fully saturated rings. The summed E-state index contributed by atoms with van der Waals surface area (Å²) in [4.78, 5) is 12.3. The minimum absolute atomic E-state index is 0.227. The van der Waals surface area contributed by atoms with E-state index < -0.39 is 32.5 Å². The first kappa shape index (κ1) is 20.4. The highest BCUT2D eigenvalue weighted by Gasteiger charge is 2.32. The molecule has 2 aromatic carbocycles. The van der Waals surface area contributed by atoms with Gasteiger partial charge in [-0.15, -0.1) is 0 Å². The van der Waals surface area contributed by atoms with Crippen LogP contribution in [0.4, 0.5) is 8.78 Å². The summed E-state index contributed by atoms with van der Waals surface area (Å²) in [6.45, 7) is 2.15. The van der Waals surface area contributed by atoms with Crippen LogP contribution in [0.3, 0.4) is 0 Å². The van der Waals surface area contributed by atoms with Gasteiger partial charge >= 0.3 is 5.97 Å². The zero-order valence-corrected chi connectivity index (χ0v) is 16.1. The first-order chi connectivity index (χ1) is 13.3. The molecule has 1 heterocycles. The molecule has 0 aliphatic carbocycles. The maximum Gasteiger partial charge on any atom is 0.337 e. The van der Waals surface area contributed by atoms with E-state index in [-0.39, 0.29) is 13.1 Å². The third-order valence-corrected chi connectivity index (χ3v) is 6.68. The summed E-state index contributed by atoms with van der Waals surface area (Å²) >= 11 is 0. The van der Waals surface area contributed by atoms with Crippen molar-refractivity contribution in [1.82, 2.24) is 4.31 Å². The van der Waals surface area contributed by atoms with Crippen LogP contribution < -0.4 is 4.90 Å². The van der Waals surface area contributed by atoms with Gasteiger partial charge in [-0.3, -0.25) is 0 Å².